The normalized spacial score (nSPS) is 24.6. The second-order valence-corrected chi connectivity index (χ2v) is 11.2. The van der Waals surface area contributed by atoms with E-state index in [2.05, 4.69) is 23.1 Å². The van der Waals surface area contributed by atoms with Crippen LogP contribution in [0, 0.1) is 18.8 Å². The van der Waals surface area contributed by atoms with Gasteiger partial charge in [-0.15, -0.1) is 0 Å². The Morgan fingerprint density at radius 3 is 2.08 bits per heavy atom. The zero-order valence-corrected chi connectivity index (χ0v) is 22.5. The minimum atomic E-state index is -4.90. The van der Waals surface area contributed by atoms with Gasteiger partial charge in [0, 0.05) is 25.6 Å². The smallest absolute Gasteiger partial charge is 0.370 e. The fourth-order valence-corrected chi connectivity index (χ4v) is 6.60. The topological polar surface area (TPSA) is 12.5 Å². The lowest BCUT2D eigenvalue weighted by Crippen LogP contribution is -2.38. The molecule has 5 atom stereocenters. The summed E-state index contributed by atoms with van der Waals surface area (Å²) in [4.78, 5) is 2.45. The lowest BCUT2D eigenvalue weighted by atomic mass is 9.68. The number of aryl methyl sites for hydroxylation is 1. The minimum absolute atomic E-state index is 0.0175. The Bertz CT molecular complexity index is 1270. The first-order chi connectivity index (χ1) is 18.9. The average Bonchev–Trinajstić information content (AvgIpc) is 3.31. The highest BCUT2D eigenvalue weighted by molar-refractivity contribution is 5.35. The Morgan fingerprint density at radius 2 is 1.45 bits per heavy atom. The third-order valence-electron chi connectivity index (χ3n) is 8.51. The molecular formula is C32H33F6NO. The van der Waals surface area contributed by atoms with Gasteiger partial charge in [0.05, 0.1) is 23.3 Å². The Labute approximate surface area is 231 Å². The number of alkyl halides is 6. The van der Waals surface area contributed by atoms with Crippen molar-refractivity contribution in [2.45, 2.75) is 63.7 Å². The Morgan fingerprint density at radius 1 is 0.825 bits per heavy atom. The van der Waals surface area contributed by atoms with Crippen LogP contribution in [0.15, 0.2) is 72.8 Å². The van der Waals surface area contributed by atoms with E-state index in [0.29, 0.717) is 12.3 Å². The first kappa shape index (κ1) is 28.7. The molecule has 0 spiro atoms. The van der Waals surface area contributed by atoms with Crippen LogP contribution in [0.1, 0.15) is 65.2 Å². The van der Waals surface area contributed by atoms with Gasteiger partial charge in [-0.2, -0.15) is 26.3 Å². The van der Waals surface area contributed by atoms with E-state index in [1.54, 1.807) is 6.92 Å². The molecule has 2 aliphatic rings. The molecule has 1 saturated heterocycles. The summed E-state index contributed by atoms with van der Waals surface area (Å²) in [5, 5.41) is 0. The summed E-state index contributed by atoms with van der Waals surface area (Å²) < 4.78 is 87.5. The molecule has 1 aliphatic carbocycles. The number of hydrogen-bond donors (Lipinski definition) is 0. The zero-order valence-electron chi connectivity index (χ0n) is 22.5. The van der Waals surface area contributed by atoms with E-state index in [-0.39, 0.29) is 29.6 Å². The molecule has 3 aromatic carbocycles. The van der Waals surface area contributed by atoms with Crippen LogP contribution in [0.3, 0.4) is 0 Å². The van der Waals surface area contributed by atoms with Crippen molar-refractivity contribution in [2.75, 3.05) is 13.1 Å². The van der Waals surface area contributed by atoms with Gasteiger partial charge in [0.2, 0.25) is 0 Å². The van der Waals surface area contributed by atoms with Gasteiger partial charge in [0.1, 0.15) is 0 Å². The van der Waals surface area contributed by atoms with Crippen LogP contribution in [0.4, 0.5) is 26.3 Å². The van der Waals surface area contributed by atoms with Crippen molar-refractivity contribution in [1.29, 1.82) is 0 Å². The molecule has 5 unspecified atom stereocenters. The van der Waals surface area contributed by atoms with Gasteiger partial charge >= 0.3 is 12.4 Å². The fraction of sp³-hybridized carbons (Fsp3) is 0.438. The molecule has 0 amide bonds. The Balaban J connectivity index is 1.43. The quantitative estimate of drug-likeness (QED) is 0.279. The Kier molecular flexibility index (Phi) is 8.03. The fourth-order valence-electron chi connectivity index (χ4n) is 6.60. The first-order valence-corrected chi connectivity index (χ1v) is 13.7. The number of nitrogens with zero attached hydrogens (tertiary/aromatic N) is 1. The summed E-state index contributed by atoms with van der Waals surface area (Å²) in [7, 11) is 0. The van der Waals surface area contributed by atoms with E-state index in [4.69, 9.17) is 4.74 Å². The molecule has 214 valence electrons. The number of rotatable bonds is 6. The van der Waals surface area contributed by atoms with E-state index in [1.165, 1.54) is 5.56 Å². The van der Waals surface area contributed by atoms with Crippen LogP contribution in [0.25, 0.3) is 0 Å². The predicted octanol–water partition coefficient (Wildman–Crippen LogP) is 8.80. The SMILES string of the molecule is Cc1ccccc1C1C(OC(C)c2cc(C(F)(F)F)cc(C(F)(F)F)c2)CCC2CN(Cc3ccccc3)CC21. The van der Waals surface area contributed by atoms with E-state index >= 15 is 0 Å². The number of fused-ring (bicyclic) bond motifs is 1. The summed E-state index contributed by atoms with van der Waals surface area (Å²) >= 11 is 0. The number of ether oxygens (including phenoxy) is 1. The van der Waals surface area contributed by atoms with Crippen LogP contribution < -0.4 is 0 Å². The summed E-state index contributed by atoms with van der Waals surface area (Å²) in [6.45, 7) is 6.23. The molecule has 1 heterocycles. The van der Waals surface area contributed by atoms with Crippen molar-refractivity contribution in [1.82, 2.24) is 4.90 Å². The van der Waals surface area contributed by atoms with Crippen LogP contribution in [-0.2, 0) is 23.6 Å². The van der Waals surface area contributed by atoms with Crippen molar-refractivity contribution in [3.63, 3.8) is 0 Å². The maximum absolute atomic E-state index is 13.5. The van der Waals surface area contributed by atoms with Crippen LogP contribution in [0.5, 0.6) is 0 Å². The van der Waals surface area contributed by atoms with E-state index in [1.807, 2.05) is 43.3 Å². The van der Waals surface area contributed by atoms with Gasteiger partial charge in [-0.1, -0.05) is 54.6 Å². The van der Waals surface area contributed by atoms with Gasteiger partial charge in [0.15, 0.2) is 0 Å². The van der Waals surface area contributed by atoms with Gasteiger partial charge in [-0.05, 0) is 79.0 Å². The zero-order chi connectivity index (χ0) is 28.7. The van der Waals surface area contributed by atoms with Gasteiger partial charge < -0.3 is 4.74 Å². The summed E-state index contributed by atoms with van der Waals surface area (Å²) in [6, 6.07) is 20.1. The van der Waals surface area contributed by atoms with E-state index in [0.717, 1.165) is 49.3 Å². The maximum atomic E-state index is 13.5. The molecule has 2 nitrogen and oxygen atoms in total. The molecule has 1 aliphatic heterocycles. The molecule has 3 aromatic rings. The maximum Gasteiger partial charge on any atom is 0.416 e. The molecular weight excluding hydrogens is 528 g/mol. The van der Waals surface area contributed by atoms with Crippen molar-refractivity contribution in [3.8, 4) is 0 Å². The number of hydrogen-bond acceptors (Lipinski definition) is 2. The molecule has 0 radical (unpaired) electrons. The summed E-state index contributed by atoms with van der Waals surface area (Å²) in [5.74, 6) is 0.688. The van der Waals surface area contributed by atoms with Crippen LogP contribution >= 0.6 is 0 Å². The van der Waals surface area contributed by atoms with Crippen molar-refractivity contribution >= 4 is 0 Å². The van der Waals surface area contributed by atoms with Crippen molar-refractivity contribution < 1.29 is 31.1 Å². The summed E-state index contributed by atoms with van der Waals surface area (Å²) in [5.41, 5.74) is 0.717. The molecule has 8 heteroatoms. The number of benzene rings is 3. The van der Waals surface area contributed by atoms with Crippen LogP contribution in [0.2, 0.25) is 0 Å². The van der Waals surface area contributed by atoms with E-state index < -0.39 is 29.6 Å². The van der Waals surface area contributed by atoms with E-state index in [9.17, 15) is 26.3 Å². The van der Waals surface area contributed by atoms with Crippen LogP contribution in [-0.4, -0.2) is 24.1 Å². The van der Waals surface area contributed by atoms with Crippen molar-refractivity contribution in [2.24, 2.45) is 11.8 Å². The molecule has 5 rings (SSSR count). The Hall–Kier alpha value is -2.84. The third kappa shape index (κ3) is 6.23. The standard InChI is InChI=1S/C32H33F6NO/c1-20-8-6-7-11-27(20)30-28-19-39(17-22-9-4-3-5-10-22)18-23(28)12-13-29(30)40-21(2)24-14-25(31(33,34)35)16-26(15-24)32(36,37)38/h3-11,14-16,21,23,28-30H,12-13,17-19H2,1-2H3. The lowest BCUT2D eigenvalue weighted by molar-refractivity contribution is -0.143. The molecule has 0 bridgehead atoms. The minimum Gasteiger partial charge on any atom is -0.370 e. The second kappa shape index (κ2) is 11.2. The molecule has 0 N–H and O–H groups in total. The number of likely N-dealkylation sites (tertiary alicyclic amines) is 1. The first-order valence-electron chi connectivity index (χ1n) is 13.7. The monoisotopic (exact) mass is 561 g/mol. The summed E-state index contributed by atoms with van der Waals surface area (Å²) in [6.07, 6.45) is -9.50. The molecule has 40 heavy (non-hydrogen) atoms. The highest BCUT2D eigenvalue weighted by Gasteiger charge is 2.46. The molecule has 0 aromatic heterocycles. The highest BCUT2D eigenvalue weighted by Crippen LogP contribution is 2.49. The largest absolute Gasteiger partial charge is 0.416 e. The van der Waals surface area contributed by atoms with Gasteiger partial charge in [-0.3, -0.25) is 4.90 Å². The van der Waals surface area contributed by atoms with Gasteiger partial charge in [0.25, 0.3) is 0 Å². The van der Waals surface area contributed by atoms with Crippen molar-refractivity contribution in [3.05, 3.63) is 106 Å². The second-order valence-electron chi connectivity index (χ2n) is 11.2. The highest BCUT2D eigenvalue weighted by atomic mass is 19.4. The number of halogens is 6. The molecule has 2 fully saturated rings. The third-order valence-corrected chi connectivity index (χ3v) is 8.51. The predicted molar refractivity (Wildman–Crippen MR) is 142 cm³/mol. The van der Waals surface area contributed by atoms with Gasteiger partial charge in [-0.25, -0.2) is 0 Å². The average molecular weight is 562 g/mol. The lowest BCUT2D eigenvalue weighted by Gasteiger charge is -2.41. The molecule has 1 saturated carbocycles.